The molecule has 0 saturated carbocycles. The number of furan rings is 1. The van der Waals surface area contributed by atoms with E-state index in [1.165, 1.54) is 0 Å². The summed E-state index contributed by atoms with van der Waals surface area (Å²) >= 11 is 0. The Morgan fingerprint density at radius 1 is 0.750 bits per heavy atom. The van der Waals surface area contributed by atoms with Gasteiger partial charge < -0.3 is 4.42 Å². The first-order valence-electron chi connectivity index (χ1n) is 7.85. The Kier molecular flexibility index (Phi) is 2.07. The summed E-state index contributed by atoms with van der Waals surface area (Å²) in [6, 6.07) is 16.4. The molecule has 6 aromatic rings. The predicted octanol–water partition coefficient (Wildman–Crippen LogP) is 4.94. The molecule has 4 aromatic heterocycles. The Hall–Kier alpha value is -3.40. The van der Waals surface area contributed by atoms with Crippen molar-refractivity contribution in [2.24, 2.45) is 0 Å². The standard InChI is InChI=1S/C20H11N3O/c1-2-6-17-12(4-1)14-10-15-16(11-18(14)24-17)23-9-8-22-20(23)13-5-3-7-21-19(13)15/h1-11H. The van der Waals surface area contributed by atoms with Crippen LogP contribution in [0.1, 0.15) is 0 Å². The van der Waals surface area contributed by atoms with Crippen molar-refractivity contribution in [2.75, 3.05) is 0 Å². The first-order valence-corrected chi connectivity index (χ1v) is 7.85. The molecular weight excluding hydrogens is 298 g/mol. The molecule has 0 aliphatic rings. The third-order valence-corrected chi connectivity index (χ3v) is 4.70. The van der Waals surface area contributed by atoms with E-state index >= 15 is 0 Å². The summed E-state index contributed by atoms with van der Waals surface area (Å²) < 4.78 is 8.15. The van der Waals surface area contributed by atoms with Crippen LogP contribution in [0.2, 0.25) is 0 Å². The van der Waals surface area contributed by atoms with Crippen LogP contribution in [-0.2, 0) is 0 Å². The SMILES string of the molecule is c1ccc2c(c1)oc1cc3c(cc12)c1ncccc1c1nccn31. The summed E-state index contributed by atoms with van der Waals surface area (Å²) in [5.74, 6) is 0. The van der Waals surface area contributed by atoms with Crippen LogP contribution in [0.5, 0.6) is 0 Å². The lowest BCUT2D eigenvalue weighted by Gasteiger charge is -2.07. The fourth-order valence-electron chi connectivity index (χ4n) is 3.65. The summed E-state index contributed by atoms with van der Waals surface area (Å²) in [5.41, 5.74) is 4.73. The number of hydrogen-bond donors (Lipinski definition) is 0. The normalized spacial score (nSPS) is 12.2. The summed E-state index contributed by atoms with van der Waals surface area (Å²) in [6.07, 6.45) is 5.64. The van der Waals surface area contributed by atoms with Gasteiger partial charge in [0.1, 0.15) is 16.8 Å². The van der Waals surface area contributed by atoms with Gasteiger partial charge in [0.05, 0.1) is 11.0 Å². The molecular formula is C20H11N3O. The fourth-order valence-corrected chi connectivity index (χ4v) is 3.65. The number of pyridine rings is 2. The molecule has 112 valence electrons. The highest BCUT2D eigenvalue weighted by atomic mass is 16.3. The van der Waals surface area contributed by atoms with Gasteiger partial charge in [-0.25, -0.2) is 4.98 Å². The first-order chi connectivity index (χ1) is 11.9. The van der Waals surface area contributed by atoms with Gasteiger partial charge in [0.25, 0.3) is 0 Å². The monoisotopic (exact) mass is 309 g/mol. The van der Waals surface area contributed by atoms with Crippen LogP contribution in [-0.4, -0.2) is 14.4 Å². The number of para-hydroxylation sites is 1. The van der Waals surface area contributed by atoms with Crippen LogP contribution in [0.4, 0.5) is 0 Å². The number of imidazole rings is 1. The molecule has 0 aliphatic heterocycles. The minimum atomic E-state index is 0.883. The van der Waals surface area contributed by atoms with Gasteiger partial charge >= 0.3 is 0 Å². The number of rotatable bonds is 0. The van der Waals surface area contributed by atoms with E-state index in [1.807, 2.05) is 42.9 Å². The van der Waals surface area contributed by atoms with Crippen LogP contribution in [0, 0.1) is 0 Å². The molecule has 0 atom stereocenters. The highest BCUT2D eigenvalue weighted by Crippen LogP contribution is 2.35. The lowest BCUT2D eigenvalue weighted by Crippen LogP contribution is -1.91. The number of aromatic nitrogens is 3. The van der Waals surface area contributed by atoms with Crippen molar-refractivity contribution < 1.29 is 4.42 Å². The second-order valence-corrected chi connectivity index (χ2v) is 5.98. The largest absolute Gasteiger partial charge is 0.456 e. The maximum atomic E-state index is 6.04. The van der Waals surface area contributed by atoms with E-state index in [0.717, 1.165) is 49.4 Å². The maximum absolute atomic E-state index is 6.04. The molecule has 2 aromatic carbocycles. The quantitative estimate of drug-likeness (QED) is 0.373. The molecule has 6 rings (SSSR count). The molecule has 0 spiro atoms. The third kappa shape index (κ3) is 1.38. The smallest absolute Gasteiger partial charge is 0.146 e. The van der Waals surface area contributed by atoms with Crippen LogP contribution in [0.15, 0.2) is 71.5 Å². The fraction of sp³-hybridized carbons (Fsp3) is 0. The molecule has 0 bridgehead atoms. The molecule has 0 unspecified atom stereocenters. The summed E-state index contributed by atoms with van der Waals surface area (Å²) in [6.45, 7) is 0. The summed E-state index contributed by atoms with van der Waals surface area (Å²) in [5, 5.41) is 4.41. The van der Waals surface area contributed by atoms with Crippen molar-refractivity contribution in [2.45, 2.75) is 0 Å². The van der Waals surface area contributed by atoms with Gasteiger partial charge in [0, 0.05) is 46.2 Å². The molecule has 0 radical (unpaired) electrons. The van der Waals surface area contributed by atoms with Crippen molar-refractivity contribution in [1.29, 1.82) is 0 Å². The second-order valence-electron chi connectivity index (χ2n) is 5.98. The van der Waals surface area contributed by atoms with Gasteiger partial charge in [-0.05, 0) is 24.3 Å². The highest BCUT2D eigenvalue weighted by molar-refractivity contribution is 6.16. The number of fused-ring (bicyclic) bond motifs is 9. The van der Waals surface area contributed by atoms with E-state index in [-0.39, 0.29) is 0 Å². The zero-order chi connectivity index (χ0) is 15.7. The molecule has 0 saturated heterocycles. The average Bonchev–Trinajstić information content (AvgIpc) is 3.25. The summed E-state index contributed by atoms with van der Waals surface area (Å²) in [4.78, 5) is 9.14. The van der Waals surface area contributed by atoms with E-state index in [1.54, 1.807) is 0 Å². The van der Waals surface area contributed by atoms with E-state index in [9.17, 15) is 0 Å². The van der Waals surface area contributed by atoms with E-state index in [4.69, 9.17) is 4.42 Å². The lowest BCUT2D eigenvalue weighted by atomic mass is 10.1. The lowest BCUT2D eigenvalue weighted by molar-refractivity contribution is 0.669. The molecule has 0 aliphatic carbocycles. The second kappa shape index (κ2) is 4.11. The van der Waals surface area contributed by atoms with Gasteiger partial charge in [0.2, 0.25) is 0 Å². The zero-order valence-electron chi connectivity index (χ0n) is 12.6. The van der Waals surface area contributed by atoms with Crippen LogP contribution >= 0.6 is 0 Å². The van der Waals surface area contributed by atoms with E-state index in [0.29, 0.717) is 0 Å². The Morgan fingerprint density at radius 3 is 2.67 bits per heavy atom. The molecule has 0 fully saturated rings. The first kappa shape index (κ1) is 12.1. The highest BCUT2D eigenvalue weighted by Gasteiger charge is 2.14. The molecule has 4 nitrogen and oxygen atoms in total. The van der Waals surface area contributed by atoms with E-state index < -0.39 is 0 Å². The molecule has 0 N–H and O–H groups in total. The predicted molar refractivity (Wildman–Crippen MR) is 95.3 cm³/mol. The minimum absolute atomic E-state index is 0.883. The Bertz CT molecular complexity index is 1410. The minimum Gasteiger partial charge on any atom is -0.456 e. The summed E-state index contributed by atoms with van der Waals surface area (Å²) in [7, 11) is 0. The average molecular weight is 309 g/mol. The van der Waals surface area contributed by atoms with Gasteiger partial charge in [0.15, 0.2) is 0 Å². The van der Waals surface area contributed by atoms with Gasteiger partial charge in [-0.3, -0.25) is 9.38 Å². The topological polar surface area (TPSA) is 43.3 Å². The molecule has 24 heavy (non-hydrogen) atoms. The number of nitrogens with zero attached hydrogens (tertiary/aromatic N) is 3. The molecule has 4 heteroatoms. The van der Waals surface area contributed by atoms with Crippen LogP contribution in [0.25, 0.3) is 49.4 Å². The van der Waals surface area contributed by atoms with Crippen molar-refractivity contribution >= 4 is 49.4 Å². The van der Waals surface area contributed by atoms with E-state index in [2.05, 4.69) is 38.6 Å². The van der Waals surface area contributed by atoms with Crippen molar-refractivity contribution in [3.63, 3.8) is 0 Å². The van der Waals surface area contributed by atoms with Crippen molar-refractivity contribution in [3.05, 3.63) is 67.1 Å². The van der Waals surface area contributed by atoms with Gasteiger partial charge in [-0.2, -0.15) is 0 Å². The number of benzene rings is 2. The van der Waals surface area contributed by atoms with Crippen LogP contribution in [0.3, 0.4) is 0 Å². The molecule has 0 amide bonds. The van der Waals surface area contributed by atoms with Gasteiger partial charge in [-0.1, -0.05) is 18.2 Å². The number of hydrogen-bond acceptors (Lipinski definition) is 3. The van der Waals surface area contributed by atoms with Crippen molar-refractivity contribution in [3.8, 4) is 0 Å². The van der Waals surface area contributed by atoms with Gasteiger partial charge in [-0.15, -0.1) is 0 Å². The maximum Gasteiger partial charge on any atom is 0.146 e. The Labute approximate surface area is 136 Å². The van der Waals surface area contributed by atoms with Crippen LogP contribution < -0.4 is 0 Å². The Balaban J connectivity index is 1.97. The van der Waals surface area contributed by atoms with Crippen molar-refractivity contribution in [1.82, 2.24) is 14.4 Å². The molecule has 4 heterocycles. The third-order valence-electron chi connectivity index (χ3n) is 4.70. The zero-order valence-corrected chi connectivity index (χ0v) is 12.6. The Morgan fingerprint density at radius 2 is 1.67 bits per heavy atom.